The summed E-state index contributed by atoms with van der Waals surface area (Å²) >= 11 is 0. The Kier molecular flexibility index (Phi) is 13.0. The molecule has 2 aromatic rings. The molecule has 2 aromatic carbocycles. The van der Waals surface area contributed by atoms with Crippen molar-refractivity contribution in [2.75, 3.05) is 42.6 Å². The number of nitrogens with one attached hydrogen (secondary N) is 1. The number of hydrogen-bond acceptors (Lipinski definition) is 8. The van der Waals surface area contributed by atoms with Crippen molar-refractivity contribution in [1.29, 1.82) is 0 Å². The SMILES string of the molecule is CC1(C)C(/C=C/C2=C(NCCCN=[N+]=[N-])C(=C/C=C3/N(CCCCS(=O)(=O)[O-])c4ccccc4C3(C)C)/CC2)=[N+](CCCCS(=O)(=O)O)c2ccccc21. The second-order valence-corrected chi connectivity index (χ2v) is 18.2. The van der Waals surface area contributed by atoms with Crippen LogP contribution in [0, 0.1) is 0 Å². The van der Waals surface area contributed by atoms with E-state index < -0.39 is 20.2 Å². The molecule has 0 radical (unpaired) electrons. The lowest BCUT2D eigenvalue weighted by atomic mass is 9.81. The number of anilines is 1. The maximum atomic E-state index is 11.4. The van der Waals surface area contributed by atoms with E-state index in [1.807, 2.05) is 24.3 Å². The summed E-state index contributed by atoms with van der Waals surface area (Å²) in [6, 6.07) is 16.5. The van der Waals surface area contributed by atoms with Crippen LogP contribution in [-0.2, 0) is 31.1 Å². The normalized spacial score (nSPS) is 19.3. The Balaban J connectivity index is 1.49. The molecule has 0 saturated carbocycles. The molecule has 1 aliphatic carbocycles. The maximum absolute atomic E-state index is 11.4. The van der Waals surface area contributed by atoms with Gasteiger partial charge in [0.25, 0.3) is 10.1 Å². The fourth-order valence-electron chi connectivity index (χ4n) is 7.92. The van der Waals surface area contributed by atoms with Crippen LogP contribution in [0.5, 0.6) is 0 Å². The van der Waals surface area contributed by atoms with Gasteiger partial charge in [-0.3, -0.25) is 4.55 Å². The van der Waals surface area contributed by atoms with E-state index >= 15 is 0 Å². The van der Waals surface area contributed by atoms with Crippen LogP contribution in [0.25, 0.3) is 10.4 Å². The fourth-order valence-corrected chi connectivity index (χ4v) is 9.05. The second kappa shape index (κ2) is 17.1. The summed E-state index contributed by atoms with van der Waals surface area (Å²) in [6.45, 7) is 11.0. The molecule has 2 aliphatic heterocycles. The zero-order valence-corrected chi connectivity index (χ0v) is 33.3. The number of fused-ring (bicyclic) bond motifs is 2. The molecular weight excluding hydrogens is 725 g/mol. The molecule has 5 rings (SSSR count). The lowest BCUT2D eigenvalue weighted by Gasteiger charge is -2.27. The van der Waals surface area contributed by atoms with Crippen LogP contribution in [0.3, 0.4) is 0 Å². The summed E-state index contributed by atoms with van der Waals surface area (Å²) in [5, 5.41) is 7.35. The topological polar surface area (TPSA) is 179 Å². The summed E-state index contributed by atoms with van der Waals surface area (Å²) in [5.74, 6) is -0.643. The van der Waals surface area contributed by atoms with Crippen LogP contribution in [0.4, 0.5) is 11.4 Å². The van der Waals surface area contributed by atoms with Crippen molar-refractivity contribution >= 4 is 37.3 Å². The molecule has 2 heterocycles. The van der Waals surface area contributed by atoms with E-state index in [4.69, 9.17) is 5.53 Å². The monoisotopic (exact) mass is 776 g/mol. The first kappa shape index (κ1) is 41.0. The zero-order valence-electron chi connectivity index (χ0n) is 31.7. The van der Waals surface area contributed by atoms with Crippen molar-refractivity contribution in [2.24, 2.45) is 5.11 Å². The number of rotatable bonds is 18. The molecule has 0 bridgehead atoms. The predicted octanol–water partition coefficient (Wildman–Crippen LogP) is 7.56. The second-order valence-electron chi connectivity index (χ2n) is 15.1. The molecule has 0 unspecified atom stereocenters. The van der Waals surface area contributed by atoms with Crippen LogP contribution in [0.1, 0.15) is 83.8 Å². The highest BCUT2D eigenvalue weighted by atomic mass is 32.2. The molecule has 0 atom stereocenters. The van der Waals surface area contributed by atoms with E-state index in [1.165, 1.54) is 11.1 Å². The highest BCUT2D eigenvalue weighted by Crippen LogP contribution is 2.48. The summed E-state index contributed by atoms with van der Waals surface area (Å²) in [4.78, 5) is 5.14. The Hall–Kier alpha value is -4.20. The molecule has 0 saturated heterocycles. The highest BCUT2D eigenvalue weighted by Gasteiger charge is 2.44. The van der Waals surface area contributed by atoms with Crippen molar-refractivity contribution in [3.05, 3.63) is 117 Å². The van der Waals surface area contributed by atoms with Gasteiger partial charge in [0.05, 0.1) is 21.3 Å². The summed E-state index contributed by atoms with van der Waals surface area (Å²) in [5.41, 5.74) is 18.3. The van der Waals surface area contributed by atoms with Crippen molar-refractivity contribution in [3.8, 4) is 0 Å². The van der Waals surface area contributed by atoms with Crippen LogP contribution >= 0.6 is 0 Å². The maximum Gasteiger partial charge on any atom is 0.264 e. The molecule has 0 amide bonds. The van der Waals surface area contributed by atoms with Gasteiger partial charge < -0.3 is 14.8 Å². The van der Waals surface area contributed by atoms with Gasteiger partial charge in [0.2, 0.25) is 5.69 Å². The lowest BCUT2D eigenvalue weighted by Crippen LogP contribution is -2.28. The number of unbranched alkanes of at least 4 members (excludes halogenated alkanes) is 2. The van der Waals surface area contributed by atoms with E-state index in [-0.39, 0.29) is 22.3 Å². The third-order valence-electron chi connectivity index (χ3n) is 10.6. The van der Waals surface area contributed by atoms with Gasteiger partial charge in [0.1, 0.15) is 6.54 Å². The summed E-state index contributed by atoms with van der Waals surface area (Å²) < 4.78 is 68.1. The van der Waals surface area contributed by atoms with Crippen molar-refractivity contribution in [1.82, 2.24) is 5.32 Å². The highest BCUT2D eigenvalue weighted by molar-refractivity contribution is 7.85. The zero-order chi connectivity index (χ0) is 39.1. The molecule has 14 heteroatoms. The fraction of sp³-hybridized carbons (Fsp3) is 0.475. The molecule has 12 nitrogen and oxygen atoms in total. The average molecular weight is 777 g/mol. The van der Waals surface area contributed by atoms with E-state index in [0.717, 1.165) is 52.5 Å². The largest absolute Gasteiger partial charge is 0.748 e. The van der Waals surface area contributed by atoms with E-state index in [0.29, 0.717) is 58.3 Å². The Morgan fingerprint density at radius 3 is 2.33 bits per heavy atom. The van der Waals surface area contributed by atoms with E-state index in [2.05, 4.69) is 101 Å². The van der Waals surface area contributed by atoms with Gasteiger partial charge in [-0.15, -0.1) is 0 Å². The van der Waals surface area contributed by atoms with E-state index in [9.17, 15) is 25.9 Å². The van der Waals surface area contributed by atoms with Gasteiger partial charge >= 0.3 is 0 Å². The molecular formula is C40H52N6O6S2. The standard InChI is InChI=1S/C40H52N6O6S2/c1-39(2)32-14-5-7-16-34(32)45(26-9-11-28-53(47,48)49)36(39)22-20-30-18-19-31(38(30)42-24-13-25-43-44-41)21-23-37-40(3,4)33-15-6-8-17-35(33)46(37)27-10-12-29-54(50,51)52/h5-8,14-17,20-23H,9-13,18-19,24-29H2,1-4H3,(H2,47,48,49,50,51,52)/b30-20+,36-22+. The van der Waals surface area contributed by atoms with Crippen LogP contribution in [0.2, 0.25) is 0 Å². The van der Waals surface area contributed by atoms with Crippen LogP contribution in [-0.4, -0.2) is 73.9 Å². The summed E-state index contributed by atoms with van der Waals surface area (Å²) in [7, 11) is -8.30. The van der Waals surface area contributed by atoms with Crippen LogP contribution in [0.15, 0.2) is 100 Å². The Morgan fingerprint density at radius 2 is 1.61 bits per heavy atom. The summed E-state index contributed by atoms with van der Waals surface area (Å²) in [6.07, 6.45) is 12.8. The molecule has 290 valence electrons. The molecule has 0 fully saturated rings. The minimum atomic E-state index is -4.27. The number of para-hydroxylation sites is 2. The lowest BCUT2D eigenvalue weighted by molar-refractivity contribution is -0.438. The Morgan fingerprint density at radius 1 is 0.907 bits per heavy atom. The molecule has 0 spiro atoms. The smallest absolute Gasteiger partial charge is 0.264 e. The van der Waals surface area contributed by atoms with Crippen molar-refractivity contribution in [2.45, 2.75) is 83.5 Å². The first-order valence-electron chi connectivity index (χ1n) is 18.6. The van der Waals surface area contributed by atoms with E-state index in [1.54, 1.807) is 0 Å². The van der Waals surface area contributed by atoms with Gasteiger partial charge in [-0.1, -0.05) is 67.5 Å². The Bertz CT molecular complexity index is 2160. The quantitative estimate of drug-likeness (QED) is 0.0389. The molecule has 3 aliphatic rings. The van der Waals surface area contributed by atoms with Gasteiger partial charge in [0.15, 0.2) is 5.71 Å². The van der Waals surface area contributed by atoms with Gasteiger partial charge in [-0.25, -0.2) is 8.42 Å². The number of azide groups is 1. The number of allylic oxidation sites excluding steroid dienone is 7. The molecule has 0 aromatic heterocycles. The third-order valence-corrected chi connectivity index (χ3v) is 12.2. The minimum Gasteiger partial charge on any atom is -0.748 e. The number of hydrogen-bond donors (Lipinski definition) is 2. The van der Waals surface area contributed by atoms with Crippen LogP contribution < -0.4 is 10.2 Å². The number of benzene rings is 2. The third kappa shape index (κ3) is 9.72. The Labute approximate surface area is 320 Å². The average Bonchev–Trinajstić information content (AvgIpc) is 3.66. The minimum absolute atomic E-state index is 0.267. The van der Waals surface area contributed by atoms with Gasteiger partial charge in [0, 0.05) is 76.9 Å². The van der Waals surface area contributed by atoms with Gasteiger partial charge in [-0.05, 0) is 86.8 Å². The molecule has 2 N–H and O–H groups in total. The first-order chi connectivity index (χ1) is 25.5. The van der Waals surface area contributed by atoms with Crippen molar-refractivity contribution in [3.63, 3.8) is 0 Å². The number of nitrogens with zero attached hydrogens (tertiary/aromatic N) is 5. The molecule has 54 heavy (non-hydrogen) atoms. The predicted molar refractivity (Wildman–Crippen MR) is 214 cm³/mol. The van der Waals surface area contributed by atoms with Gasteiger partial charge in [-0.2, -0.15) is 13.0 Å². The van der Waals surface area contributed by atoms with Crippen molar-refractivity contribution < 1.29 is 30.5 Å². The first-order valence-corrected chi connectivity index (χ1v) is 21.8.